The van der Waals surface area contributed by atoms with Crippen molar-refractivity contribution in [1.82, 2.24) is 0 Å². The van der Waals surface area contributed by atoms with E-state index in [0.717, 1.165) is 0 Å². The van der Waals surface area contributed by atoms with Crippen LogP contribution in [0.2, 0.25) is 11.6 Å². The standard InChI is InChI=1S/C15H15Se/c1-16(2)15-13-9-5-3-7-11(13)12-8-4-6-10-14(12)15/h3-10,15H,1-2H3/q+1. The Balaban J connectivity index is 2.30. The Morgan fingerprint density at radius 1 is 0.750 bits per heavy atom. The van der Waals surface area contributed by atoms with Crippen LogP contribution in [-0.2, 0) is 0 Å². The second-order valence-electron chi connectivity index (χ2n) is 4.43. The van der Waals surface area contributed by atoms with E-state index in [1.54, 1.807) is 11.1 Å². The third-order valence-corrected chi connectivity index (χ3v) is 6.29. The summed E-state index contributed by atoms with van der Waals surface area (Å²) in [7, 11) is 0. The maximum atomic E-state index is 2.43. The van der Waals surface area contributed by atoms with Gasteiger partial charge in [0.2, 0.25) is 0 Å². The molecule has 80 valence electrons. The van der Waals surface area contributed by atoms with E-state index in [9.17, 15) is 0 Å². The minimum atomic E-state index is -0.562. The van der Waals surface area contributed by atoms with Crippen LogP contribution in [0.5, 0.6) is 0 Å². The number of fused-ring (bicyclic) bond motifs is 3. The molecule has 0 atom stereocenters. The van der Waals surface area contributed by atoms with Gasteiger partial charge in [-0.15, -0.1) is 0 Å². The van der Waals surface area contributed by atoms with E-state index in [0.29, 0.717) is 4.82 Å². The minimum absolute atomic E-state index is 0.562. The third-order valence-electron chi connectivity index (χ3n) is 3.25. The van der Waals surface area contributed by atoms with Crippen LogP contribution in [0.4, 0.5) is 0 Å². The Morgan fingerprint density at radius 2 is 1.19 bits per heavy atom. The van der Waals surface area contributed by atoms with Gasteiger partial charge in [-0.3, -0.25) is 0 Å². The van der Waals surface area contributed by atoms with Crippen molar-refractivity contribution in [3.63, 3.8) is 0 Å². The molecular formula is C15H15Se+. The Morgan fingerprint density at radius 3 is 1.62 bits per heavy atom. The molecule has 0 radical (unpaired) electrons. The van der Waals surface area contributed by atoms with E-state index in [4.69, 9.17) is 0 Å². The monoisotopic (exact) mass is 275 g/mol. The van der Waals surface area contributed by atoms with Crippen molar-refractivity contribution in [3.05, 3.63) is 59.7 Å². The maximum absolute atomic E-state index is 2.43. The molecule has 2 aromatic carbocycles. The van der Waals surface area contributed by atoms with Crippen molar-refractivity contribution in [2.75, 3.05) is 0 Å². The van der Waals surface area contributed by atoms with Crippen LogP contribution in [0.15, 0.2) is 48.5 Å². The number of rotatable bonds is 1. The van der Waals surface area contributed by atoms with E-state index >= 15 is 0 Å². The van der Waals surface area contributed by atoms with Gasteiger partial charge in [-0.05, 0) is 0 Å². The van der Waals surface area contributed by atoms with Crippen LogP contribution < -0.4 is 0 Å². The molecule has 0 saturated carbocycles. The normalized spacial score (nSPS) is 13.9. The fourth-order valence-electron chi connectivity index (χ4n) is 2.62. The Labute approximate surface area is 101 Å². The van der Waals surface area contributed by atoms with Crippen LogP contribution in [0.25, 0.3) is 11.1 Å². The van der Waals surface area contributed by atoms with Gasteiger partial charge < -0.3 is 0 Å². The predicted molar refractivity (Wildman–Crippen MR) is 71.2 cm³/mol. The SMILES string of the molecule is C[Se+](C)C1c2ccccc2-c2ccccc21. The van der Waals surface area contributed by atoms with Crippen LogP contribution >= 0.6 is 0 Å². The summed E-state index contributed by atoms with van der Waals surface area (Å²) in [4.78, 5) is 0.701. The second kappa shape index (κ2) is 3.76. The van der Waals surface area contributed by atoms with Gasteiger partial charge in [0, 0.05) is 0 Å². The van der Waals surface area contributed by atoms with E-state index < -0.39 is 13.9 Å². The zero-order valence-corrected chi connectivity index (χ0v) is 11.3. The molecule has 0 spiro atoms. The molecule has 3 rings (SSSR count). The van der Waals surface area contributed by atoms with Gasteiger partial charge in [-0.25, -0.2) is 0 Å². The molecule has 0 N–H and O–H groups in total. The van der Waals surface area contributed by atoms with Crippen molar-refractivity contribution in [1.29, 1.82) is 0 Å². The Bertz CT molecular complexity index is 483. The predicted octanol–water partition coefficient (Wildman–Crippen LogP) is 4.09. The first-order valence-electron chi connectivity index (χ1n) is 5.53. The Kier molecular flexibility index (Phi) is 2.38. The third kappa shape index (κ3) is 1.36. The first kappa shape index (κ1) is 10.1. The summed E-state index contributed by atoms with van der Waals surface area (Å²) in [5.41, 5.74) is 6.03. The van der Waals surface area contributed by atoms with E-state index in [1.807, 2.05) is 0 Å². The Hall–Kier alpha value is -1.04. The summed E-state index contributed by atoms with van der Waals surface area (Å²) in [5.74, 6) is 4.87. The van der Waals surface area contributed by atoms with Crippen molar-refractivity contribution in [3.8, 4) is 11.1 Å². The second-order valence-corrected chi connectivity index (χ2v) is 9.11. The van der Waals surface area contributed by atoms with Crippen molar-refractivity contribution in [2.24, 2.45) is 0 Å². The molecule has 0 aromatic heterocycles. The molecule has 0 heterocycles. The summed E-state index contributed by atoms with van der Waals surface area (Å²) in [6, 6.07) is 17.8. The fourth-order valence-corrected chi connectivity index (χ4v) is 5.61. The van der Waals surface area contributed by atoms with Gasteiger partial charge >= 0.3 is 101 Å². The molecule has 1 heteroatoms. The van der Waals surface area contributed by atoms with Crippen molar-refractivity contribution in [2.45, 2.75) is 16.5 Å². The van der Waals surface area contributed by atoms with Crippen LogP contribution in [-0.4, -0.2) is 13.9 Å². The molecule has 0 aliphatic heterocycles. The van der Waals surface area contributed by atoms with Gasteiger partial charge in [-0.1, -0.05) is 0 Å². The number of hydrogen-bond donors (Lipinski definition) is 0. The molecule has 16 heavy (non-hydrogen) atoms. The first-order valence-corrected chi connectivity index (χ1v) is 9.95. The molecule has 1 aliphatic carbocycles. The average Bonchev–Trinajstić information content (AvgIpc) is 2.63. The van der Waals surface area contributed by atoms with Crippen LogP contribution in [0.3, 0.4) is 0 Å². The van der Waals surface area contributed by atoms with Crippen molar-refractivity contribution < 1.29 is 0 Å². The molecule has 0 unspecified atom stereocenters. The zero-order chi connectivity index (χ0) is 11.1. The van der Waals surface area contributed by atoms with Crippen LogP contribution in [0.1, 0.15) is 15.9 Å². The first-order chi connectivity index (χ1) is 7.79. The molecule has 1 aliphatic rings. The number of benzene rings is 2. The van der Waals surface area contributed by atoms with Gasteiger partial charge in [0.05, 0.1) is 0 Å². The fraction of sp³-hybridized carbons (Fsp3) is 0.200. The molecule has 0 fully saturated rings. The molecule has 0 amide bonds. The van der Waals surface area contributed by atoms with Gasteiger partial charge in [0.1, 0.15) is 0 Å². The molecule has 0 bridgehead atoms. The summed E-state index contributed by atoms with van der Waals surface area (Å²) in [6.45, 7) is 0. The molecule has 0 saturated heterocycles. The quantitative estimate of drug-likeness (QED) is 0.687. The summed E-state index contributed by atoms with van der Waals surface area (Å²) >= 11 is -0.562. The zero-order valence-electron chi connectivity index (χ0n) is 9.60. The summed E-state index contributed by atoms with van der Waals surface area (Å²) in [6.07, 6.45) is 0. The van der Waals surface area contributed by atoms with Crippen molar-refractivity contribution >= 4 is 13.9 Å². The van der Waals surface area contributed by atoms with Gasteiger partial charge in [0.25, 0.3) is 0 Å². The average molecular weight is 274 g/mol. The molecular weight excluding hydrogens is 259 g/mol. The number of hydrogen-bond acceptors (Lipinski definition) is 0. The van der Waals surface area contributed by atoms with E-state index in [2.05, 4.69) is 60.2 Å². The van der Waals surface area contributed by atoms with Crippen LogP contribution in [0, 0.1) is 0 Å². The van der Waals surface area contributed by atoms with E-state index in [1.165, 1.54) is 11.1 Å². The summed E-state index contributed by atoms with van der Waals surface area (Å²) < 4.78 is 0. The summed E-state index contributed by atoms with van der Waals surface area (Å²) in [5, 5.41) is 0. The molecule has 2 aromatic rings. The van der Waals surface area contributed by atoms with Gasteiger partial charge in [-0.2, -0.15) is 0 Å². The topological polar surface area (TPSA) is 0 Å². The van der Waals surface area contributed by atoms with E-state index in [-0.39, 0.29) is 0 Å². The molecule has 0 nitrogen and oxygen atoms in total. The van der Waals surface area contributed by atoms with Gasteiger partial charge in [0.15, 0.2) is 0 Å².